The molecule has 0 saturated heterocycles. The highest BCUT2D eigenvalue weighted by molar-refractivity contribution is 7.09. The minimum atomic E-state index is -4.60. The summed E-state index contributed by atoms with van der Waals surface area (Å²) in [5.41, 5.74) is -0.802. The molecule has 1 atom stereocenters. The lowest BCUT2D eigenvalue weighted by atomic mass is 10.0. The van der Waals surface area contributed by atoms with E-state index >= 15 is 0 Å². The summed E-state index contributed by atoms with van der Waals surface area (Å²) in [4.78, 5) is 40.8. The van der Waals surface area contributed by atoms with Gasteiger partial charge in [-0.25, -0.2) is 9.59 Å². The number of nitrogens with one attached hydrogen (secondary N) is 2. The number of rotatable bonds is 13. The van der Waals surface area contributed by atoms with Crippen molar-refractivity contribution in [3.05, 3.63) is 93.7 Å². The summed E-state index contributed by atoms with van der Waals surface area (Å²) < 4.78 is 51.9. The Hall–Kier alpha value is -4.06. The van der Waals surface area contributed by atoms with Crippen LogP contribution in [-0.4, -0.2) is 41.2 Å². The van der Waals surface area contributed by atoms with Crippen molar-refractivity contribution in [2.45, 2.75) is 77.5 Å². The molecule has 238 valence electrons. The number of carbonyl (C=O) groups is 3. The van der Waals surface area contributed by atoms with Crippen LogP contribution in [0.15, 0.2) is 72.1 Å². The fraction of sp³-hybridized carbons (Fsp3) is 0.406. The Morgan fingerprint density at radius 2 is 1.59 bits per heavy atom. The van der Waals surface area contributed by atoms with E-state index in [-0.39, 0.29) is 31.7 Å². The Balaban J connectivity index is 1.69. The van der Waals surface area contributed by atoms with Crippen molar-refractivity contribution in [2.75, 3.05) is 6.61 Å². The molecule has 0 radical (unpaired) electrons. The van der Waals surface area contributed by atoms with E-state index in [1.54, 1.807) is 32.9 Å². The first kappa shape index (κ1) is 34.4. The topological polar surface area (TPSA) is 97.0 Å². The predicted molar refractivity (Wildman–Crippen MR) is 162 cm³/mol. The largest absolute Gasteiger partial charge is 0.450 e. The van der Waals surface area contributed by atoms with Gasteiger partial charge in [-0.3, -0.25) is 4.79 Å². The van der Waals surface area contributed by atoms with E-state index in [0.29, 0.717) is 19.4 Å². The van der Waals surface area contributed by atoms with Crippen LogP contribution in [0.2, 0.25) is 0 Å². The lowest BCUT2D eigenvalue weighted by Gasteiger charge is -2.29. The maximum Gasteiger partial charge on any atom is 0.416 e. The molecular weight excluding hydrogens is 595 g/mol. The zero-order valence-electron chi connectivity index (χ0n) is 25.0. The molecule has 3 amide bonds. The normalized spacial score (nSPS) is 12.2. The molecule has 0 spiro atoms. The first-order chi connectivity index (χ1) is 20.8. The Kier molecular flexibility index (Phi) is 12.6. The summed E-state index contributed by atoms with van der Waals surface area (Å²) >= 11 is 1.37. The first-order valence-corrected chi connectivity index (χ1v) is 15.1. The van der Waals surface area contributed by atoms with Gasteiger partial charge in [0, 0.05) is 18.0 Å². The fourth-order valence-electron chi connectivity index (χ4n) is 4.31. The lowest BCUT2D eigenvalue weighted by molar-refractivity contribution is -0.140. The highest BCUT2D eigenvalue weighted by Gasteiger charge is 2.35. The third-order valence-electron chi connectivity index (χ3n) is 6.31. The van der Waals surface area contributed by atoms with Gasteiger partial charge in [0.05, 0.1) is 18.7 Å². The van der Waals surface area contributed by atoms with Crippen LogP contribution in [0.5, 0.6) is 0 Å². The molecule has 0 unspecified atom stereocenters. The van der Waals surface area contributed by atoms with Crippen LogP contribution >= 0.6 is 11.3 Å². The van der Waals surface area contributed by atoms with E-state index in [1.807, 2.05) is 35.7 Å². The Morgan fingerprint density at radius 1 is 0.886 bits per heavy atom. The van der Waals surface area contributed by atoms with Gasteiger partial charge in [-0.2, -0.15) is 13.2 Å². The van der Waals surface area contributed by atoms with Gasteiger partial charge >= 0.3 is 18.4 Å². The number of unbranched alkanes of at least 4 members (excludes halogenated alkanes) is 1. The minimum absolute atomic E-state index is 0.0554. The van der Waals surface area contributed by atoms with Crippen molar-refractivity contribution in [3.8, 4) is 0 Å². The molecule has 1 aromatic heterocycles. The Bertz CT molecular complexity index is 1350. The van der Waals surface area contributed by atoms with Gasteiger partial charge in [0.2, 0.25) is 5.91 Å². The molecule has 0 aliphatic heterocycles. The zero-order valence-corrected chi connectivity index (χ0v) is 25.8. The van der Waals surface area contributed by atoms with Gasteiger partial charge in [-0.1, -0.05) is 54.6 Å². The zero-order chi connectivity index (χ0) is 32.2. The van der Waals surface area contributed by atoms with Crippen molar-refractivity contribution in [2.24, 2.45) is 0 Å². The molecule has 1 heterocycles. The number of hydrogen-bond donors (Lipinski definition) is 2. The number of amides is 3. The molecule has 0 fully saturated rings. The van der Waals surface area contributed by atoms with E-state index in [2.05, 4.69) is 10.6 Å². The van der Waals surface area contributed by atoms with Crippen LogP contribution in [0.25, 0.3) is 0 Å². The SMILES string of the molecule is CC(C)(C)OC(=O)N[C@@H](CCCCOC(=O)NCc1ccccc1)C(=O)N(Cc1cccs1)Cc1ccccc1C(F)(F)F. The average molecular weight is 634 g/mol. The number of alkyl carbamates (subject to hydrolysis) is 2. The number of carbonyl (C=O) groups excluding carboxylic acids is 3. The van der Waals surface area contributed by atoms with Crippen LogP contribution in [0.3, 0.4) is 0 Å². The summed E-state index contributed by atoms with van der Waals surface area (Å²) in [6.07, 6.45) is -5.09. The van der Waals surface area contributed by atoms with E-state index in [9.17, 15) is 27.6 Å². The van der Waals surface area contributed by atoms with Crippen molar-refractivity contribution in [3.63, 3.8) is 0 Å². The number of ether oxygens (including phenoxy) is 2. The summed E-state index contributed by atoms with van der Waals surface area (Å²) in [5.74, 6) is -0.553. The van der Waals surface area contributed by atoms with Crippen LogP contribution in [0, 0.1) is 0 Å². The lowest BCUT2D eigenvalue weighted by Crippen LogP contribution is -2.49. The number of hydrogen-bond acceptors (Lipinski definition) is 6. The molecule has 2 N–H and O–H groups in total. The standard InChI is InChI=1S/C32H38F3N3O5S/c1-31(2,3)43-30(41)37-27(17-9-10-18-42-29(40)36-20-23-12-5-4-6-13-23)28(39)38(22-25-15-11-19-44-25)21-24-14-7-8-16-26(24)32(33,34)35/h4-8,11-16,19,27H,9-10,17-18,20-22H2,1-3H3,(H,36,40)(H,37,41)/t27-/m0/s1. The molecule has 2 aromatic carbocycles. The minimum Gasteiger partial charge on any atom is -0.450 e. The molecule has 12 heteroatoms. The van der Waals surface area contributed by atoms with E-state index in [1.165, 1.54) is 34.4 Å². The second-order valence-electron chi connectivity index (χ2n) is 11.1. The van der Waals surface area contributed by atoms with Gasteiger partial charge in [-0.05, 0) is 68.7 Å². The summed E-state index contributed by atoms with van der Waals surface area (Å²) in [6.45, 7) is 5.17. The quantitative estimate of drug-likeness (QED) is 0.193. The molecule has 0 saturated carbocycles. The van der Waals surface area contributed by atoms with Gasteiger partial charge in [0.1, 0.15) is 11.6 Å². The number of halogens is 3. The molecule has 3 aromatic rings. The predicted octanol–water partition coefficient (Wildman–Crippen LogP) is 7.29. The maximum absolute atomic E-state index is 13.9. The molecule has 44 heavy (non-hydrogen) atoms. The average Bonchev–Trinajstić information content (AvgIpc) is 3.47. The molecular formula is C32H38F3N3O5S. The summed E-state index contributed by atoms with van der Waals surface area (Å²) in [7, 11) is 0. The highest BCUT2D eigenvalue weighted by Crippen LogP contribution is 2.33. The van der Waals surface area contributed by atoms with Crippen molar-refractivity contribution >= 4 is 29.4 Å². The number of alkyl halides is 3. The third kappa shape index (κ3) is 11.9. The molecule has 0 bridgehead atoms. The molecule has 0 aliphatic rings. The van der Waals surface area contributed by atoms with Crippen LogP contribution in [-0.2, 0) is 40.1 Å². The summed E-state index contributed by atoms with van der Waals surface area (Å²) in [6, 6.07) is 17.0. The van der Waals surface area contributed by atoms with E-state index in [0.717, 1.165) is 16.5 Å². The molecule has 0 aliphatic carbocycles. The van der Waals surface area contributed by atoms with Crippen molar-refractivity contribution in [1.82, 2.24) is 15.5 Å². The number of nitrogens with zero attached hydrogens (tertiary/aromatic N) is 1. The second kappa shape index (κ2) is 16.1. The first-order valence-electron chi connectivity index (χ1n) is 14.2. The fourth-order valence-corrected chi connectivity index (χ4v) is 5.03. The van der Waals surface area contributed by atoms with Crippen LogP contribution < -0.4 is 10.6 Å². The number of thiophene rings is 1. The van der Waals surface area contributed by atoms with Gasteiger partial charge < -0.3 is 25.0 Å². The molecule has 8 nitrogen and oxygen atoms in total. The maximum atomic E-state index is 13.9. The smallest absolute Gasteiger partial charge is 0.416 e. The Labute approximate surface area is 259 Å². The van der Waals surface area contributed by atoms with Gasteiger partial charge in [-0.15, -0.1) is 11.3 Å². The number of benzene rings is 2. The second-order valence-corrected chi connectivity index (χ2v) is 12.1. The van der Waals surface area contributed by atoms with Crippen LogP contribution in [0.4, 0.5) is 22.8 Å². The third-order valence-corrected chi connectivity index (χ3v) is 7.17. The van der Waals surface area contributed by atoms with Gasteiger partial charge in [0.15, 0.2) is 0 Å². The highest BCUT2D eigenvalue weighted by atomic mass is 32.1. The van der Waals surface area contributed by atoms with E-state index in [4.69, 9.17) is 9.47 Å². The molecule has 3 rings (SSSR count). The van der Waals surface area contributed by atoms with Crippen molar-refractivity contribution < 1.29 is 37.0 Å². The Morgan fingerprint density at radius 3 is 2.25 bits per heavy atom. The van der Waals surface area contributed by atoms with E-state index < -0.39 is 41.5 Å². The van der Waals surface area contributed by atoms with Crippen molar-refractivity contribution in [1.29, 1.82) is 0 Å². The van der Waals surface area contributed by atoms with Crippen LogP contribution in [0.1, 0.15) is 61.6 Å². The monoisotopic (exact) mass is 633 g/mol. The summed E-state index contributed by atoms with van der Waals surface area (Å²) in [5, 5.41) is 7.09. The van der Waals surface area contributed by atoms with Gasteiger partial charge in [0.25, 0.3) is 0 Å².